The molecule has 0 saturated carbocycles. The lowest BCUT2D eigenvalue weighted by molar-refractivity contribution is 0.576. The second kappa shape index (κ2) is 4.88. The summed E-state index contributed by atoms with van der Waals surface area (Å²) in [5.41, 5.74) is 7.04. The van der Waals surface area contributed by atoms with Crippen molar-refractivity contribution in [1.82, 2.24) is 4.98 Å². The molecular weight excluding hydrogens is 224 g/mol. The number of nitrogens with zero attached hydrogens (tertiary/aromatic N) is 1. The summed E-state index contributed by atoms with van der Waals surface area (Å²) in [5.74, 6) is -1.47. The highest BCUT2D eigenvalue weighted by molar-refractivity contribution is 5.60. The van der Waals surface area contributed by atoms with Crippen LogP contribution in [0.5, 0.6) is 0 Å². The Hall–Kier alpha value is -2.01. The van der Waals surface area contributed by atoms with Crippen molar-refractivity contribution in [3.8, 4) is 0 Å². The number of para-hydroxylation sites is 1. The minimum absolute atomic E-state index is 0.0210. The Bertz CT molecular complexity index is 529. The number of hydrogen-bond acceptors (Lipinski definition) is 3. The first kappa shape index (κ1) is 11.5. The number of pyridine rings is 1. The van der Waals surface area contributed by atoms with Gasteiger partial charge in [-0.1, -0.05) is 18.2 Å². The molecule has 3 N–H and O–H groups in total. The van der Waals surface area contributed by atoms with Crippen molar-refractivity contribution in [2.45, 2.75) is 6.54 Å². The fraction of sp³-hybridized carbons (Fsp3) is 0.0833. The molecule has 2 aromatic rings. The van der Waals surface area contributed by atoms with Gasteiger partial charge < -0.3 is 11.1 Å². The van der Waals surface area contributed by atoms with Gasteiger partial charge >= 0.3 is 0 Å². The van der Waals surface area contributed by atoms with Crippen molar-refractivity contribution in [2.24, 2.45) is 5.73 Å². The number of halogens is 2. The maximum atomic E-state index is 13.4. The summed E-state index contributed by atoms with van der Waals surface area (Å²) in [7, 11) is 0. The predicted molar refractivity (Wildman–Crippen MR) is 61.8 cm³/mol. The molecule has 0 aliphatic rings. The molecule has 0 aliphatic heterocycles. The Labute approximate surface area is 97.3 Å². The van der Waals surface area contributed by atoms with Gasteiger partial charge in [0.2, 0.25) is 0 Å². The lowest BCUT2D eigenvalue weighted by Crippen LogP contribution is -2.04. The van der Waals surface area contributed by atoms with Crippen molar-refractivity contribution < 1.29 is 8.78 Å². The van der Waals surface area contributed by atoms with E-state index in [1.165, 1.54) is 0 Å². The first-order chi connectivity index (χ1) is 8.20. The average Bonchev–Trinajstić information content (AvgIpc) is 2.33. The number of hydrogen-bond donors (Lipinski definition) is 2. The lowest BCUT2D eigenvalue weighted by atomic mass is 10.2. The van der Waals surface area contributed by atoms with E-state index in [1.807, 2.05) is 12.1 Å². The second-order valence-corrected chi connectivity index (χ2v) is 3.47. The highest BCUT2D eigenvalue weighted by atomic mass is 19.1. The van der Waals surface area contributed by atoms with Gasteiger partial charge in [-0.2, -0.15) is 0 Å². The van der Waals surface area contributed by atoms with Crippen LogP contribution >= 0.6 is 0 Å². The molecule has 5 heteroatoms. The largest absolute Gasteiger partial charge is 0.338 e. The van der Waals surface area contributed by atoms with E-state index >= 15 is 0 Å². The molecule has 0 unspecified atom stereocenters. The molecule has 0 saturated heterocycles. The van der Waals surface area contributed by atoms with E-state index in [4.69, 9.17) is 5.73 Å². The monoisotopic (exact) mass is 235 g/mol. The van der Waals surface area contributed by atoms with Gasteiger partial charge in [0.25, 0.3) is 0 Å². The van der Waals surface area contributed by atoms with Gasteiger partial charge in [0, 0.05) is 18.3 Å². The van der Waals surface area contributed by atoms with Crippen molar-refractivity contribution >= 4 is 11.5 Å². The third kappa shape index (κ3) is 2.57. The van der Waals surface area contributed by atoms with Gasteiger partial charge in [-0.05, 0) is 11.6 Å². The quantitative estimate of drug-likeness (QED) is 0.859. The fourth-order valence-corrected chi connectivity index (χ4v) is 1.45. The normalized spacial score (nSPS) is 10.3. The standard InChI is InChI=1S/C12H11F2N3/c13-9-5-10(14)12(16-7-9)17-11-4-2-1-3-8(11)6-15/h1-5,7H,6,15H2,(H,16,17). The van der Waals surface area contributed by atoms with Gasteiger partial charge in [-0.3, -0.25) is 0 Å². The summed E-state index contributed by atoms with van der Waals surface area (Å²) in [6, 6.07) is 7.99. The summed E-state index contributed by atoms with van der Waals surface area (Å²) in [6.45, 7) is 0.325. The second-order valence-electron chi connectivity index (χ2n) is 3.47. The summed E-state index contributed by atoms with van der Waals surface area (Å²) >= 11 is 0. The molecule has 0 fully saturated rings. The van der Waals surface area contributed by atoms with E-state index in [-0.39, 0.29) is 5.82 Å². The molecule has 0 aliphatic carbocycles. The number of nitrogens with one attached hydrogen (secondary N) is 1. The minimum atomic E-state index is -0.739. The molecule has 88 valence electrons. The van der Waals surface area contributed by atoms with Crippen LogP contribution in [0, 0.1) is 11.6 Å². The Morgan fingerprint density at radius 1 is 1.24 bits per heavy atom. The third-order valence-corrected chi connectivity index (χ3v) is 2.30. The Kier molecular flexibility index (Phi) is 3.30. The molecule has 3 nitrogen and oxygen atoms in total. The highest BCUT2D eigenvalue weighted by Gasteiger charge is 2.07. The number of nitrogens with two attached hydrogens (primary N) is 1. The fourth-order valence-electron chi connectivity index (χ4n) is 1.45. The van der Waals surface area contributed by atoms with Crippen LogP contribution in [0.2, 0.25) is 0 Å². The topological polar surface area (TPSA) is 50.9 Å². The van der Waals surface area contributed by atoms with Gasteiger partial charge in [-0.15, -0.1) is 0 Å². The molecule has 0 spiro atoms. The molecule has 17 heavy (non-hydrogen) atoms. The number of benzene rings is 1. The Morgan fingerprint density at radius 3 is 2.71 bits per heavy atom. The van der Waals surface area contributed by atoms with Crippen molar-refractivity contribution in [2.75, 3.05) is 5.32 Å². The number of aromatic nitrogens is 1. The third-order valence-electron chi connectivity index (χ3n) is 2.30. The number of anilines is 2. The van der Waals surface area contributed by atoms with Crippen LogP contribution in [-0.4, -0.2) is 4.98 Å². The molecule has 0 radical (unpaired) electrons. The molecule has 0 bridgehead atoms. The van der Waals surface area contributed by atoms with Crippen LogP contribution in [0.3, 0.4) is 0 Å². The zero-order valence-electron chi connectivity index (χ0n) is 8.95. The minimum Gasteiger partial charge on any atom is -0.338 e. The smallest absolute Gasteiger partial charge is 0.168 e. The maximum absolute atomic E-state index is 13.4. The van der Waals surface area contributed by atoms with Gasteiger partial charge in [0.15, 0.2) is 11.6 Å². The number of rotatable bonds is 3. The van der Waals surface area contributed by atoms with Gasteiger partial charge in [-0.25, -0.2) is 13.8 Å². The van der Waals surface area contributed by atoms with Crippen LogP contribution in [0.25, 0.3) is 0 Å². The van der Waals surface area contributed by atoms with Gasteiger partial charge in [0.05, 0.1) is 6.20 Å². The predicted octanol–water partition coefficient (Wildman–Crippen LogP) is 2.56. The Morgan fingerprint density at radius 2 is 2.00 bits per heavy atom. The molecule has 1 aromatic carbocycles. The zero-order chi connectivity index (χ0) is 12.3. The van der Waals surface area contributed by atoms with Crippen LogP contribution in [-0.2, 0) is 6.54 Å². The summed E-state index contributed by atoms with van der Waals surface area (Å²) in [4.78, 5) is 3.65. The molecule has 0 amide bonds. The van der Waals surface area contributed by atoms with E-state index in [1.54, 1.807) is 12.1 Å². The van der Waals surface area contributed by atoms with Crippen molar-refractivity contribution in [3.63, 3.8) is 0 Å². The Balaban J connectivity index is 2.31. The summed E-state index contributed by atoms with van der Waals surface area (Å²) in [6.07, 6.45) is 0.955. The molecule has 0 atom stereocenters. The first-order valence-electron chi connectivity index (χ1n) is 5.06. The highest BCUT2D eigenvalue weighted by Crippen LogP contribution is 2.21. The molecular formula is C12H11F2N3. The zero-order valence-corrected chi connectivity index (χ0v) is 8.95. The van der Waals surface area contributed by atoms with E-state index in [9.17, 15) is 8.78 Å². The summed E-state index contributed by atoms with van der Waals surface area (Å²) < 4.78 is 26.1. The lowest BCUT2D eigenvalue weighted by Gasteiger charge is -2.10. The van der Waals surface area contributed by atoms with Crippen LogP contribution in [0.4, 0.5) is 20.3 Å². The van der Waals surface area contributed by atoms with Crippen LogP contribution in [0.1, 0.15) is 5.56 Å². The van der Waals surface area contributed by atoms with Crippen molar-refractivity contribution in [1.29, 1.82) is 0 Å². The van der Waals surface area contributed by atoms with E-state index in [0.717, 1.165) is 17.8 Å². The SMILES string of the molecule is NCc1ccccc1Nc1ncc(F)cc1F. The average molecular weight is 235 g/mol. The van der Waals surface area contributed by atoms with Crippen LogP contribution < -0.4 is 11.1 Å². The molecule has 2 rings (SSSR count). The van der Waals surface area contributed by atoms with Crippen LogP contribution in [0.15, 0.2) is 36.5 Å². The van der Waals surface area contributed by atoms with E-state index in [0.29, 0.717) is 12.2 Å². The molecule has 1 heterocycles. The maximum Gasteiger partial charge on any atom is 0.168 e. The van der Waals surface area contributed by atoms with Gasteiger partial charge in [0.1, 0.15) is 5.82 Å². The van der Waals surface area contributed by atoms with E-state index in [2.05, 4.69) is 10.3 Å². The van der Waals surface area contributed by atoms with Crippen molar-refractivity contribution in [3.05, 3.63) is 53.7 Å². The molecule has 1 aromatic heterocycles. The summed E-state index contributed by atoms with van der Waals surface area (Å²) in [5, 5.41) is 2.79. The van der Waals surface area contributed by atoms with E-state index < -0.39 is 11.6 Å². The first-order valence-corrected chi connectivity index (χ1v) is 5.06.